The summed E-state index contributed by atoms with van der Waals surface area (Å²) in [6.45, 7) is 0.00258. The van der Waals surface area contributed by atoms with Gasteiger partial charge in [0.25, 0.3) is 5.91 Å². The molecule has 0 spiro atoms. The number of amides is 1. The van der Waals surface area contributed by atoms with Crippen molar-refractivity contribution in [2.75, 3.05) is 13.2 Å². The summed E-state index contributed by atoms with van der Waals surface area (Å²) < 4.78 is 5.38. The monoisotopic (exact) mass is 365 g/mol. The molecule has 126 valence electrons. The lowest BCUT2D eigenvalue weighted by atomic mass is 10.0. The Balaban J connectivity index is 1.49. The molecule has 6 heteroatoms. The number of nitrogens with one attached hydrogen (secondary N) is 1. The molecule has 0 atom stereocenters. The van der Waals surface area contributed by atoms with Crippen LogP contribution in [0.1, 0.15) is 11.1 Å². The number of aliphatic hydroxyl groups is 1. The number of hydrogen-bond acceptors (Lipinski definition) is 3. The maximum Gasteiger partial charge on any atom is 0.258 e. The minimum Gasteiger partial charge on any atom is -0.482 e. The molecule has 0 heterocycles. The molecule has 4 nitrogen and oxygen atoms in total. The standard InChI is InChI=1S/C18H17Cl2NO3/c19-14-5-6-16(15(20)7-14)24-10-17(22)21-11-18(23)8-12-3-1-2-4-13(12)9-18/h1-7,23H,8-11H2,(H,21,22). The Labute approximate surface area is 150 Å². The number of fused-ring (bicyclic) bond motifs is 1. The molecule has 2 N–H and O–H groups in total. The highest BCUT2D eigenvalue weighted by atomic mass is 35.5. The molecule has 1 amide bonds. The van der Waals surface area contributed by atoms with Gasteiger partial charge in [-0.2, -0.15) is 0 Å². The lowest BCUT2D eigenvalue weighted by Gasteiger charge is -2.22. The van der Waals surface area contributed by atoms with Crippen molar-refractivity contribution in [3.63, 3.8) is 0 Å². The molecule has 0 fully saturated rings. The summed E-state index contributed by atoms with van der Waals surface area (Å²) in [7, 11) is 0. The largest absolute Gasteiger partial charge is 0.482 e. The van der Waals surface area contributed by atoms with Crippen LogP contribution in [-0.4, -0.2) is 29.8 Å². The molecule has 0 aromatic heterocycles. The zero-order chi connectivity index (χ0) is 17.2. The molecule has 0 unspecified atom stereocenters. The van der Waals surface area contributed by atoms with E-state index in [0.29, 0.717) is 28.6 Å². The Morgan fingerprint density at radius 3 is 2.46 bits per heavy atom. The van der Waals surface area contributed by atoms with Gasteiger partial charge < -0.3 is 15.2 Å². The van der Waals surface area contributed by atoms with Crippen molar-refractivity contribution in [2.45, 2.75) is 18.4 Å². The number of carbonyl (C=O) groups excluding carboxylic acids is 1. The van der Waals surface area contributed by atoms with Crippen molar-refractivity contribution in [2.24, 2.45) is 0 Å². The van der Waals surface area contributed by atoms with Crippen LogP contribution < -0.4 is 10.1 Å². The van der Waals surface area contributed by atoms with Crippen LogP contribution in [0.15, 0.2) is 42.5 Å². The van der Waals surface area contributed by atoms with Gasteiger partial charge in [0.05, 0.1) is 10.6 Å². The van der Waals surface area contributed by atoms with Gasteiger partial charge in [-0.15, -0.1) is 0 Å². The maximum atomic E-state index is 12.0. The minimum atomic E-state index is -0.947. The lowest BCUT2D eigenvalue weighted by molar-refractivity contribution is -0.124. The van der Waals surface area contributed by atoms with Gasteiger partial charge in [0.2, 0.25) is 0 Å². The van der Waals surface area contributed by atoms with Gasteiger partial charge in [0, 0.05) is 24.4 Å². The second kappa shape index (κ2) is 7.01. The first-order valence-corrected chi connectivity index (χ1v) is 8.34. The molecule has 0 saturated carbocycles. The first-order chi connectivity index (χ1) is 11.5. The average Bonchev–Trinajstić information content (AvgIpc) is 2.89. The first kappa shape index (κ1) is 17.1. The molecule has 24 heavy (non-hydrogen) atoms. The predicted molar refractivity (Wildman–Crippen MR) is 93.8 cm³/mol. The summed E-state index contributed by atoms with van der Waals surface area (Å²) in [5.41, 5.74) is 1.30. The van der Waals surface area contributed by atoms with E-state index in [2.05, 4.69) is 5.32 Å². The molecule has 3 rings (SSSR count). The van der Waals surface area contributed by atoms with Crippen molar-refractivity contribution < 1.29 is 14.6 Å². The van der Waals surface area contributed by atoms with Gasteiger partial charge in [-0.25, -0.2) is 0 Å². The van der Waals surface area contributed by atoms with E-state index in [0.717, 1.165) is 11.1 Å². The molecular weight excluding hydrogens is 349 g/mol. The third-order valence-electron chi connectivity index (χ3n) is 4.02. The number of rotatable bonds is 5. The molecular formula is C18H17Cl2NO3. The maximum absolute atomic E-state index is 12.0. The molecule has 0 radical (unpaired) electrons. The van der Waals surface area contributed by atoms with Crippen LogP contribution in [0, 0.1) is 0 Å². The second-order valence-electron chi connectivity index (χ2n) is 5.99. The zero-order valence-corrected chi connectivity index (χ0v) is 14.4. The van der Waals surface area contributed by atoms with E-state index in [1.54, 1.807) is 18.2 Å². The number of hydrogen-bond donors (Lipinski definition) is 2. The summed E-state index contributed by atoms with van der Waals surface area (Å²) in [5.74, 6) is 0.0774. The summed E-state index contributed by atoms with van der Waals surface area (Å²) in [6.07, 6.45) is 1.07. The van der Waals surface area contributed by atoms with E-state index < -0.39 is 5.60 Å². The topological polar surface area (TPSA) is 58.6 Å². The zero-order valence-electron chi connectivity index (χ0n) is 12.9. The highest BCUT2D eigenvalue weighted by Crippen LogP contribution is 2.29. The van der Waals surface area contributed by atoms with Crippen LogP contribution in [0.3, 0.4) is 0 Å². The van der Waals surface area contributed by atoms with Crippen LogP contribution >= 0.6 is 23.2 Å². The van der Waals surface area contributed by atoms with E-state index >= 15 is 0 Å². The summed E-state index contributed by atoms with van der Waals surface area (Å²) in [4.78, 5) is 12.0. The quantitative estimate of drug-likeness (QED) is 0.855. The normalized spacial score (nSPS) is 15.0. The Bertz CT molecular complexity index is 739. The molecule has 0 aliphatic heterocycles. The van der Waals surface area contributed by atoms with E-state index in [9.17, 15) is 9.90 Å². The highest BCUT2D eigenvalue weighted by Gasteiger charge is 2.35. The number of carbonyl (C=O) groups is 1. The Kier molecular flexibility index (Phi) is 4.99. The van der Waals surface area contributed by atoms with Crippen LogP contribution in [0.4, 0.5) is 0 Å². The van der Waals surface area contributed by atoms with Crippen LogP contribution in [0.2, 0.25) is 10.0 Å². The lowest BCUT2D eigenvalue weighted by Crippen LogP contribution is -2.45. The summed E-state index contributed by atoms with van der Waals surface area (Å²) >= 11 is 11.8. The van der Waals surface area contributed by atoms with Crippen LogP contribution in [0.5, 0.6) is 5.75 Å². The van der Waals surface area contributed by atoms with Gasteiger partial charge in [0.1, 0.15) is 5.75 Å². The Morgan fingerprint density at radius 2 is 1.83 bits per heavy atom. The van der Waals surface area contributed by atoms with Crippen molar-refractivity contribution in [3.05, 3.63) is 63.6 Å². The molecule has 1 aliphatic carbocycles. The van der Waals surface area contributed by atoms with E-state index in [1.807, 2.05) is 24.3 Å². The summed E-state index contributed by atoms with van der Waals surface area (Å²) in [6, 6.07) is 12.7. The molecule has 0 saturated heterocycles. The SMILES string of the molecule is O=C(COc1ccc(Cl)cc1Cl)NCC1(O)Cc2ccccc2C1. The molecule has 2 aromatic rings. The third kappa shape index (κ3) is 4.01. The van der Waals surface area contributed by atoms with Gasteiger partial charge in [0.15, 0.2) is 6.61 Å². The number of ether oxygens (including phenoxy) is 1. The first-order valence-electron chi connectivity index (χ1n) is 7.59. The highest BCUT2D eigenvalue weighted by molar-refractivity contribution is 6.35. The fraction of sp³-hybridized carbons (Fsp3) is 0.278. The van der Waals surface area contributed by atoms with E-state index in [1.165, 1.54) is 0 Å². The smallest absolute Gasteiger partial charge is 0.258 e. The average molecular weight is 366 g/mol. The molecule has 0 bridgehead atoms. The van der Waals surface area contributed by atoms with E-state index in [-0.39, 0.29) is 19.1 Å². The molecule has 1 aliphatic rings. The minimum absolute atomic E-state index is 0.176. The van der Waals surface area contributed by atoms with Gasteiger partial charge in [-0.1, -0.05) is 47.5 Å². The fourth-order valence-electron chi connectivity index (χ4n) is 2.85. The van der Waals surface area contributed by atoms with Crippen LogP contribution in [-0.2, 0) is 17.6 Å². The van der Waals surface area contributed by atoms with Crippen molar-refractivity contribution in [1.29, 1.82) is 0 Å². The Morgan fingerprint density at radius 1 is 1.17 bits per heavy atom. The van der Waals surface area contributed by atoms with Crippen molar-refractivity contribution >= 4 is 29.1 Å². The van der Waals surface area contributed by atoms with Gasteiger partial charge in [-0.05, 0) is 29.3 Å². The Hall–Kier alpha value is -1.75. The van der Waals surface area contributed by atoms with Gasteiger partial charge in [-0.3, -0.25) is 4.79 Å². The number of benzene rings is 2. The van der Waals surface area contributed by atoms with Crippen molar-refractivity contribution in [3.8, 4) is 5.75 Å². The van der Waals surface area contributed by atoms with E-state index in [4.69, 9.17) is 27.9 Å². The predicted octanol–water partition coefficient (Wildman–Crippen LogP) is 3.02. The molecule has 2 aromatic carbocycles. The van der Waals surface area contributed by atoms with Crippen LogP contribution in [0.25, 0.3) is 0 Å². The van der Waals surface area contributed by atoms with Crippen molar-refractivity contribution in [1.82, 2.24) is 5.32 Å². The number of halogens is 2. The summed E-state index contributed by atoms with van der Waals surface area (Å²) in [5, 5.41) is 14.2. The fourth-order valence-corrected chi connectivity index (χ4v) is 3.31. The third-order valence-corrected chi connectivity index (χ3v) is 4.56. The van der Waals surface area contributed by atoms with Gasteiger partial charge >= 0.3 is 0 Å². The second-order valence-corrected chi connectivity index (χ2v) is 6.83.